The Kier molecular flexibility index (Phi) is 10.7. The summed E-state index contributed by atoms with van der Waals surface area (Å²) in [6.45, 7) is 5.35. The fourth-order valence-corrected chi connectivity index (χ4v) is 2.80. The van der Waals surface area contributed by atoms with Crippen LogP contribution in [0.3, 0.4) is 0 Å². The first-order valence-corrected chi connectivity index (χ1v) is 9.68. The third-order valence-electron chi connectivity index (χ3n) is 4.11. The first-order valence-electron chi connectivity index (χ1n) is 8.56. The summed E-state index contributed by atoms with van der Waals surface area (Å²) in [6.07, 6.45) is 10.4. The molecule has 1 unspecified atom stereocenters. The van der Waals surface area contributed by atoms with Gasteiger partial charge in [0.25, 0.3) is 0 Å². The van der Waals surface area contributed by atoms with E-state index in [1.54, 1.807) is 0 Å². The van der Waals surface area contributed by atoms with Crippen LogP contribution < -0.4 is 4.74 Å². The summed E-state index contributed by atoms with van der Waals surface area (Å²) in [4.78, 5) is 0. The Labute approximate surface area is 139 Å². The molecule has 21 heavy (non-hydrogen) atoms. The molecule has 0 radical (unpaired) electrons. The lowest BCUT2D eigenvalue weighted by Crippen LogP contribution is -1.98. The molecule has 1 nitrogen and oxygen atoms in total. The maximum absolute atomic E-state index is 5.81. The quantitative estimate of drug-likeness (QED) is 0.299. The van der Waals surface area contributed by atoms with Crippen molar-refractivity contribution in [1.29, 1.82) is 0 Å². The lowest BCUT2D eigenvalue weighted by Gasteiger charge is -2.10. The highest BCUT2D eigenvalue weighted by molar-refractivity contribution is 9.09. The van der Waals surface area contributed by atoms with Gasteiger partial charge in [-0.15, -0.1) is 0 Å². The molecular formula is C19H31BrO. The van der Waals surface area contributed by atoms with Crippen LogP contribution in [0.4, 0.5) is 0 Å². The zero-order chi connectivity index (χ0) is 15.3. The Morgan fingerprint density at radius 1 is 0.905 bits per heavy atom. The highest BCUT2D eigenvalue weighted by Crippen LogP contribution is 2.21. The maximum atomic E-state index is 5.81. The highest BCUT2D eigenvalue weighted by atomic mass is 79.9. The van der Waals surface area contributed by atoms with E-state index in [1.165, 1.54) is 56.9 Å². The fraction of sp³-hybridized carbons (Fsp3) is 0.684. The largest absolute Gasteiger partial charge is 0.494 e. The van der Waals surface area contributed by atoms with Crippen LogP contribution in [0.2, 0.25) is 0 Å². The molecule has 0 aliphatic rings. The van der Waals surface area contributed by atoms with E-state index in [2.05, 4.69) is 54.0 Å². The molecule has 120 valence electrons. The van der Waals surface area contributed by atoms with E-state index in [-0.39, 0.29) is 0 Å². The van der Waals surface area contributed by atoms with Crippen LogP contribution in [0.25, 0.3) is 0 Å². The normalized spacial score (nSPS) is 12.3. The first kappa shape index (κ1) is 18.5. The second kappa shape index (κ2) is 12.1. The van der Waals surface area contributed by atoms with Gasteiger partial charge in [-0.2, -0.15) is 0 Å². The van der Waals surface area contributed by atoms with Crippen LogP contribution >= 0.6 is 15.9 Å². The van der Waals surface area contributed by atoms with Crippen molar-refractivity contribution in [1.82, 2.24) is 0 Å². The van der Waals surface area contributed by atoms with Gasteiger partial charge >= 0.3 is 0 Å². The monoisotopic (exact) mass is 354 g/mol. The number of ether oxygens (including phenoxy) is 1. The fourth-order valence-electron chi connectivity index (χ4n) is 2.40. The summed E-state index contributed by atoms with van der Waals surface area (Å²) >= 11 is 3.47. The summed E-state index contributed by atoms with van der Waals surface area (Å²) in [6, 6.07) is 8.63. The van der Waals surface area contributed by atoms with E-state index in [0.29, 0.717) is 5.92 Å². The molecule has 0 N–H and O–H groups in total. The van der Waals surface area contributed by atoms with Crippen LogP contribution in [0.5, 0.6) is 5.75 Å². The van der Waals surface area contributed by atoms with Crippen molar-refractivity contribution in [2.45, 2.75) is 71.1 Å². The van der Waals surface area contributed by atoms with E-state index >= 15 is 0 Å². The minimum absolute atomic E-state index is 0.642. The molecule has 0 aliphatic carbocycles. The Morgan fingerprint density at radius 2 is 1.48 bits per heavy atom. The molecule has 1 aromatic rings. The zero-order valence-corrected chi connectivity index (χ0v) is 15.3. The van der Waals surface area contributed by atoms with Crippen molar-refractivity contribution in [2.75, 3.05) is 11.9 Å². The van der Waals surface area contributed by atoms with Gasteiger partial charge in [-0.1, -0.05) is 74.0 Å². The Balaban J connectivity index is 2.05. The molecule has 2 heteroatoms. The first-order chi connectivity index (χ1) is 10.3. The number of alkyl halides is 1. The second-order valence-corrected chi connectivity index (χ2v) is 6.68. The summed E-state index contributed by atoms with van der Waals surface area (Å²) in [7, 11) is 0. The Morgan fingerprint density at radius 3 is 2.05 bits per heavy atom. The highest BCUT2D eigenvalue weighted by Gasteiger charge is 2.02. The molecule has 0 saturated heterocycles. The molecule has 0 aliphatic heterocycles. The van der Waals surface area contributed by atoms with E-state index in [1.807, 2.05) is 0 Å². The second-order valence-electron chi connectivity index (χ2n) is 5.89. The van der Waals surface area contributed by atoms with E-state index < -0.39 is 0 Å². The van der Waals surface area contributed by atoms with Gasteiger partial charge in [-0.25, -0.2) is 0 Å². The van der Waals surface area contributed by atoms with Gasteiger partial charge in [0.05, 0.1) is 6.61 Å². The molecule has 1 rings (SSSR count). The van der Waals surface area contributed by atoms with Gasteiger partial charge < -0.3 is 4.74 Å². The topological polar surface area (TPSA) is 9.23 Å². The average molecular weight is 355 g/mol. The summed E-state index contributed by atoms with van der Waals surface area (Å²) in [5, 5.41) is 1.15. The molecular weight excluding hydrogens is 324 g/mol. The Hall–Kier alpha value is -0.500. The SMILES string of the molecule is CCC(C)c1ccc(OCCCCCCCCCBr)cc1. The summed E-state index contributed by atoms with van der Waals surface area (Å²) < 4.78 is 5.81. The van der Waals surface area contributed by atoms with Gasteiger partial charge in [0, 0.05) is 5.33 Å². The predicted molar refractivity (Wildman–Crippen MR) is 96.8 cm³/mol. The summed E-state index contributed by atoms with van der Waals surface area (Å²) in [5.74, 6) is 1.66. The molecule has 0 aromatic heterocycles. The number of benzene rings is 1. The molecule has 1 aromatic carbocycles. The van der Waals surface area contributed by atoms with Crippen LogP contribution in [0.15, 0.2) is 24.3 Å². The third kappa shape index (κ3) is 8.50. The van der Waals surface area contributed by atoms with Crippen molar-refractivity contribution in [2.24, 2.45) is 0 Å². The average Bonchev–Trinajstić information content (AvgIpc) is 2.53. The molecule has 0 saturated carbocycles. The number of halogens is 1. The zero-order valence-electron chi connectivity index (χ0n) is 13.7. The van der Waals surface area contributed by atoms with E-state index in [9.17, 15) is 0 Å². The molecule has 0 heterocycles. The Bertz CT molecular complexity index is 347. The van der Waals surface area contributed by atoms with Crippen molar-refractivity contribution in [3.63, 3.8) is 0 Å². The lowest BCUT2D eigenvalue weighted by molar-refractivity contribution is 0.304. The van der Waals surface area contributed by atoms with Crippen LogP contribution in [-0.2, 0) is 0 Å². The van der Waals surface area contributed by atoms with Crippen molar-refractivity contribution in [3.8, 4) is 5.75 Å². The molecule has 0 fully saturated rings. The number of hydrogen-bond donors (Lipinski definition) is 0. The van der Waals surface area contributed by atoms with Crippen LogP contribution in [0.1, 0.15) is 76.7 Å². The number of hydrogen-bond acceptors (Lipinski definition) is 1. The molecule has 0 spiro atoms. The number of unbranched alkanes of at least 4 members (excludes halogenated alkanes) is 6. The molecule has 0 amide bonds. The lowest BCUT2D eigenvalue weighted by atomic mass is 9.99. The third-order valence-corrected chi connectivity index (χ3v) is 4.67. The van der Waals surface area contributed by atoms with Crippen molar-refractivity contribution >= 4 is 15.9 Å². The van der Waals surface area contributed by atoms with E-state index in [0.717, 1.165) is 17.7 Å². The van der Waals surface area contributed by atoms with E-state index in [4.69, 9.17) is 4.74 Å². The van der Waals surface area contributed by atoms with Gasteiger partial charge in [0.2, 0.25) is 0 Å². The molecule has 0 bridgehead atoms. The smallest absolute Gasteiger partial charge is 0.119 e. The van der Waals surface area contributed by atoms with Gasteiger partial charge in [0.1, 0.15) is 5.75 Å². The minimum atomic E-state index is 0.642. The maximum Gasteiger partial charge on any atom is 0.119 e. The van der Waals surface area contributed by atoms with Crippen LogP contribution in [0, 0.1) is 0 Å². The number of rotatable bonds is 12. The molecule has 1 atom stereocenters. The standard InChI is InChI=1S/C19H31BrO/c1-3-17(2)18-11-13-19(14-12-18)21-16-10-8-6-4-5-7-9-15-20/h11-14,17H,3-10,15-16H2,1-2H3. The minimum Gasteiger partial charge on any atom is -0.494 e. The van der Waals surface area contributed by atoms with Crippen LogP contribution in [-0.4, -0.2) is 11.9 Å². The summed E-state index contributed by atoms with van der Waals surface area (Å²) in [5.41, 5.74) is 1.41. The van der Waals surface area contributed by atoms with Gasteiger partial charge in [0.15, 0.2) is 0 Å². The predicted octanol–water partition coefficient (Wildman–Crippen LogP) is 6.70. The van der Waals surface area contributed by atoms with Crippen molar-refractivity contribution < 1.29 is 4.74 Å². The van der Waals surface area contributed by atoms with Gasteiger partial charge in [-0.05, 0) is 42.9 Å². The van der Waals surface area contributed by atoms with Gasteiger partial charge in [-0.3, -0.25) is 0 Å². The van der Waals surface area contributed by atoms with Crippen molar-refractivity contribution in [3.05, 3.63) is 29.8 Å².